The van der Waals surface area contributed by atoms with E-state index in [4.69, 9.17) is 4.74 Å². The van der Waals surface area contributed by atoms with Crippen molar-refractivity contribution in [2.24, 2.45) is 0 Å². The summed E-state index contributed by atoms with van der Waals surface area (Å²) in [4.78, 5) is 30.1. The first kappa shape index (κ1) is 25.7. The lowest BCUT2D eigenvalue weighted by atomic mass is 10.0. The Morgan fingerprint density at radius 2 is 1.70 bits per heavy atom. The third-order valence-corrected chi connectivity index (χ3v) is 7.24. The van der Waals surface area contributed by atoms with Gasteiger partial charge in [-0.3, -0.25) is 14.5 Å². The number of ether oxygens (including phenoxy) is 1. The van der Waals surface area contributed by atoms with Crippen LogP contribution in [0.25, 0.3) is 0 Å². The van der Waals surface area contributed by atoms with E-state index in [0.29, 0.717) is 11.6 Å². The van der Waals surface area contributed by atoms with E-state index in [-0.39, 0.29) is 17.9 Å². The van der Waals surface area contributed by atoms with Crippen molar-refractivity contribution in [3.63, 3.8) is 0 Å². The first-order valence-corrected chi connectivity index (χ1v) is 13.1. The molecule has 0 aliphatic carbocycles. The van der Waals surface area contributed by atoms with Gasteiger partial charge in [-0.2, -0.15) is 0 Å². The van der Waals surface area contributed by atoms with Crippen LogP contribution in [0.5, 0.6) is 0 Å². The molecule has 1 N–H and O–H groups in total. The average Bonchev–Trinajstić information content (AvgIpc) is 2.82. The molecule has 2 aliphatic heterocycles. The van der Waals surface area contributed by atoms with Gasteiger partial charge in [-0.15, -0.1) is 0 Å². The van der Waals surface area contributed by atoms with E-state index in [2.05, 4.69) is 24.1 Å². The van der Waals surface area contributed by atoms with Gasteiger partial charge in [0.05, 0.1) is 0 Å². The van der Waals surface area contributed by atoms with Gasteiger partial charge in [0, 0.05) is 56.6 Å². The molecule has 0 unspecified atom stereocenters. The van der Waals surface area contributed by atoms with Crippen LogP contribution in [-0.4, -0.2) is 55.1 Å². The molecule has 0 atom stereocenters. The third-order valence-electron chi connectivity index (χ3n) is 7.24. The number of rotatable bonds is 5. The monoisotopic (exact) mass is 457 g/mol. The van der Waals surface area contributed by atoms with E-state index in [1.165, 1.54) is 19.3 Å². The van der Waals surface area contributed by atoms with Crippen LogP contribution >= 0.6 is 0 Å². The van der Waals surface area contributed by atoms with Gasteiger partial charge < -0.3 is 15.0 Å². The highest BCUT2D eigenvalue weighted by atomic mass is 16.5. The highest BCUT2D eigenvalue weighted by Crippen LogP contribution is 2.28. The highest BCUT2D eigenvalue weighted by molar-refractivity contribution is 5.97. The number of amides is 2. The molecule has 3 rings (SSSR count). The van der Waals surface area contributed by atoms with Crippen molar-refractivity contribution < 1.29 is 14.3 Å². The Morgan fingerprint density at radius 1 is 1.03 bits per heavy atom. The maximum atomic E-state index is 13.0. The van der Waals surface area contributed by atoms with Crippen molar-refractivity contribution >= 4 is 17.5 Å². The first-order valence-electron chi connectivity index (χ1n) is 13.1. The standard InChI is InChI=1S/C27H43N3O3/c1-4-24(5-2)28-27(32)22-11-12-26-23(19-22)20-29(25-13-17-33-18-14-25)15-9-7-6-8-10-16-30(26)21(3)31/h11-12,19,24-25H,4-10,13-18,20H2,1-3H3,(H,28,32). The lowest BCUT2D eigenvalue weighted by Gasteiger charge is -2.36. The van der Waals surface area contributed by atoms with Gasteiger partial charge in [-0.05, 0) is 68.8 Å². The van der Waals surface area contributed by atoms with Gasteiger partial charge in [-0.25, -0.2) is 0 Å². The molecule has 2 aliphatic rings. The molecular weight excluding hydrogens is 414 g/mol. The predicted octanol–water partition coefficient (Wildman–Crippen LogP) is 4.90. The van der Waals surface area contributed by atoms with E-state index in [0.717, 1.165) is 82.6 Å². The fourth-order valence-electron chi connectivity index (χ4n) is 5.10. The molecule has 1 aromatic carbocycles. The highest BCUT2D eigenvalue weighted by Gasteiger charge is 2.25. The smallest absolute Gasteiger partial charge is 0.251 e. The number of fused-ring (bicyclic) bond motifs is 1. The van der Waals surface area contributed by atoms with Crippen LogP contribution in [0.4, 0.5) is 5.69 Å². The zero-order valence-corrected chi connectivity index (χ0v) is 20.9. The van der Waals surface area contributed by atoms with Crippen LogP contribution in [0.1, 0.15) is 94.5 Å². The zero-order chi connectivity index (χ0) is 23.6. The number of nitrogens with one attached hydrogen (secondary N) is 1. The van der Waals surface area contributed by atoms with E-state index >= 15 is 0 Å². The molecule has 0 saturated carbocycles. The third kappa shape index (κ3) is 7.28. The lowest BCUT2D eigenvalue weighted by molar-refractivity contribution is -0.116. The molecule has 2 amide bonds. The van der Waals surface area contributed by atoms with Gasteiger partial charge >= 0.3 is 0 Å². The second-order valence-electron chi connectivity index (χ2n) is 9.58. The van der Waals surface area contributed by atoms with Crippen LogP contribution in [0.15, 0.2) is 18.2 Å². The first-order chi connectivity index (χ1) is 16.0. The summed E-state index contributed by atoms with van der Waals surface area (Å²) < 4.78 is 5.62. The number of carbonyl (C=O) groups is 2. The molecule has 1 saturated heterocycles. The Morgan fingerprint density at radius 3 is 2.36 bits per heavy atom. The van der Waals surface area contributed by atoms with Crippen LogP contribution in [0.3, 0.4) is 0 Å². The number of hydrogen-bond donors (Lipinski definition) is 1. The summed E-state index contributed by atoms with van der Waals surface area (Å²) in [5, 5.41) is 3.17. The van der Waals surface area contributed by atoms with Crippen LogP contribution < -0.4 is 10.2 Å². The topological polar surface area (TPSA) is 61.9 Å². The molecule has 184 valence electrons. The maximum absolute atomic E-state index is 13.0. The fraction of sp³-hybridized carbons (Fsp3) is 0.704. The van der Waals surface area contributed by atoms with Crippen LogP contribution in [0.2, 0.25) is 0 Å². The molecule has 2 heterocycles. The van der Waals surface area contributed by atoms with E-state index in [9.17, 15) is 9.59 Å². The Labute approximate surface area is 200 Å². The lowest BCUT2D eigenvalue weighted by Crippen LogP contribution is -2.40. The van der Waals surface area contributed by atoms with Crippen molar-refractivity contribution in [2.75, 3.05) is 31.2 Å². The normalized spacial score (nSPS) is 19.5. The largest absolute Gasteiger partial charge is 0.381 e. The second kappa shape index (κ2) is 13.1. The quantitative estimate of drug-likeness (QED) is 0.683. The predicted molar refractivity (Wildman–Crippen MR) is 134 cm³/mol. The number of benzene rings is 1. The fourth-order valence-corrected chi connectivity index (χ4v) is 5.10. The van der Waals surface area contributed by atoms with Crippen LogP contribution in [0, 0.1) is 0 Å². The summed E-state index contributed by atoms with van der Waals surface area (Å²) in [6, 6.07) is 6.58. The summed E-state index contributed by atoms with van der Waals surface area (Å²) in [7, 11) is 0. The summed E-state index contributed by atoms with van der Waals surface area (Å²) in [5.41, 5.74) is 2.72. The summed E-state index contributed by atoms with van der Waals surface area (Å²) in [6.07, 6.45) is 9.72. The molecule has 6 nitrogen and oxygen atoms in total. The summed E-state index contributed by atoms with van der Waals surface area (Å²) >= 11 is 0. The zero-order valence-electron chi connectivity index (χ0n) is 20.9. The Bertz CT molecular complexity index is 772. The molecule has 0 bridgehead atoms. The van der Waals surface area contributed by atoms with Crippen molar-refractivity contribution in [1.29, 1.82) is 0 Å². The molecule has 33 heavy (non-hydrogen) atoms. The second-order valence-corrected chi connectivity index (χ2v) is 9.58. The van der Waals surface area contributed by atoms with E-state index in [1.807, 2.05) is 23.1 Å². The SMILES string of the molecule is CCC(CC)NC(=O)c1ccc2c(c1)CN(C1CCOCC1)CCCCCCCN2C(C)=O. The van der Waals surface area contributed by atoms with Gasteiger partial charge in [0.15, 0.2) is 0 Å². The number of carbonyl (C=O) groups excluding carboxylic acids is 2. The van der Waals surface area contributed by atoms with E-state index < -0.39 is 0 Å². The number of nitrogens with zero attached hydrogens (tertiary/aromatic N) is 2. The Balaban J connectivity index is 1.95. The molecule has 1 aromatic rings. The minimum atomic E-state index is -0.0235. The Hall–Kier alpha value is -1.92. The van der Waals surface area contributed by atoms with Crippen molar-refractivity contribution in [3.05, 3.63) is 29.3 Å². The minimum Gasteiger partial charge on any atom is -0.381 e. The molecule has 0 radical (unpaired) electrons. The van der Waals surface area contributed by atoms with Crippen molar-refractivity contribution in [2.45, 2.75) is 97.2 Å². The molecule has 1 fully saturated rings. The molecule has 0 aromatic heterocycles. The number of hydrogen-bond acceptors (Lipinski definition) is 4. The summed E-state index contributed by atoms with van der Waals surface area (Å²) in [6.45, 7) is 10.0. The van der Waals surface area contributed by atoms with Gasteiger partial charge in [0.1, 0.15) is 0 Å². The molecule has 0 spiro atoms. The molecule has 6 heteroatoms. The number of anilines is 1. The average molecular weight is 458 g/mol. The molecular formula is C27H43N3O3. The Kier molecular flexibility index (Phi) is 10.2. The van der Waals surface area contributed by atoms with Gasteiger partial charge in [0.2, 0.25) is 5.91 Å². The summed E-state index contributed by atoms with van der Waals surface area (Å²) in [5.74, 6) is 0.0461. The van der Waals surface area contributed by atoms with Gasteiger partial charge in [0.25, 0.3) is 5.91 Å². The van der Waals surface area contributed by atoms with Crippen molar-refractivity contribution in [1.82, 2.24) is 10.2 Å². The van der Waals surface area contributed by atoms with Crippen LogP contribution in [-0.2, 0) is 16.1 Å². The van der Waals surface area contributed by atoms with Crippen molar-refractivity contribution in [3.8, 4) is 0 Å². The minimum absolute atomic E-state index is 0.0235. The van der Waals surface area contributed by atoms with E-state index in [1.54, 1.807) is 6.92 Å². The van der Waals surface area contributed by atoms with Gasteiger partial charge in [-0.1, -0.05) is 33.1 Å². The maximum Gasteiger partial charge on any atom is 0.251 e.